The van der Waals surface area contributed by atoms with Crippen molar-refractivity contribution >= 4 is 35.2 Å². The maximum atomic E-state index is 10.1. The molecule has 0 saturated heterocycles. The van der Waals surface area contributed by atoms with E-state index in [0.29, 0.717) is 26.3 Å². The first-order chi connectivity index (χ1) is 10.1. The summed E-state index contributed by atoms with van der Waals surface area (Å²) in [6.45, 7) is 3.82. The third-order valence-electron chi connectivity index (χ3n) is 3.26. The normalized spacial score (nSPS) is 13.9. The minimum absolute atomic E-state index is 0.310. The number of benzene rings is 2. The molecule has 0 heterocycles. The van der Waals surface area contributed by atoms with Crippen LogP contribution in [0.1, 0.15) is 43.6 Å². The van der Waals surface area contributed by atoms with Gasteiger partial charge in [0, 0.05) is 0 Å². The molecule has 0 spiro atoms. The molecule has 0 aliphatic carbocycles. The summed E-state index contributed by atoms with van der Waals surface area (Å²) in [5, 5.41) is 20.0. The summed E-state index contributed by atoms with van der Waals surface area (Å²) in [5.74, 6) is 0. The Hall–Kier alpha value is -0.601. The van der Waals surface area contributed by atoms with Gasteiger partial charge < -0.3 is 0 Å². The monoisotopic (exact) mass is 416 g/mol. The predicted molar refractivity (Wildman–Crippen MR) is 89.5 cm³/mol. The summed E-state index contributed by atoms with van der Waals surface area (Å²) in [6.07, 6.45) is -0.0501. The summed E-state index contributed by atoms with van der Waals surface area (Å²) in [7, 11) is 0. The molecule has 2 atom stereocenters. The molecule has 2 nitrogen and oxygen atoms in total. The number of rotatable bonds is 6. The fourth-order valence-electron chi connectivity index (χ4n) is 2.04. The van der Waals surface area contributed by atoms with Crippen LogP contribution in [0.15, 0.2) is 48.5 Å². The van der Waals surface area contributed by atoms with Crippen molar-refractivity contribution in [2.75, 3.05) is 0 Å². The van der Waals surface area contributed by atoms with Crippen LogP contribution in [0.4, 0.5) is 0 Å². The number of aliphatic hydroxyl groups is 2. The number of aliphatic hydroxyl groups excluding tert-OH is 2. The van der Waals surface area contributed by atoms with E-state index in [4.69, 9.17) is 0 Å². The molecule has 0 fully saturated rings. The summed E-state index contributed by atoms with van der Waals surface area (Å²) in [4.78, 5) is 0. The summed E-state index contributed by atoms with van der Waals surface area (Å²) in [5.41, 5.74) is 2.10. The fraction of sp³-hybridized carbons (Fsp3) is 0.294. The SMILES string of the molecule is CC[C@H](O)c1ccccc1[Se][Se]c1ccccc1[C@H](C)O. The Bertz CT molecular complexity index is 585. The minimum atomic E-state index is -0.421. The van der Waals surface area contributed by atoms with Crippen LogP contribution in [-0.4, -0.2) is 36.5 Å². The topological polar surface area (TPSA) is 40.5 Å². The molecule has 2 aromatic rings. The molecule has 0 unspecified atom stereocenters. The van der Waals surface area contributed by atoms with Gasteiger partial charge in [0.25, 0.3) is 0 Å². The van der Waals surface area contributed by atoms with Gasteiger partial charge in [0.15, 0.2) is 0 Å². The molecule has 2 N–H and O–H groups in total. The van der Waals surface area contributed by atoms with Crippen LogP contribution in [0, 0.1) is 0 Å². The third-order valence-corrected chi connectivity index (χ3v) is 10.6. The molecule has 0 saturated carbocycles. The Kier molecular flexibility index (Phi) is 6.50. The Morgan fingerprint density at radius 1 is 0.857 bits per heavy atom. The van der Waals surface area contributed by atoms with Crippen LogP contribution in [0.25, 0.3) is 0 Å². The van der Waals surface area contributed by atoms with E-state index < -0.39 is 6.10 Å². The first-order valence-corrected chi connectivity index (χ1v) is 13.1. The van der Waals surface area contributed by atoms with Crippen LogP contribution in [0.5, 0.6) is 0 Å². The molecular formula is C17H20O2Se2. The van der Waals surface area contributed by atoms with Crippen molar-refractivity contribution in [3.8, 4) is 0 Å². The van der Waals surface area contributed by atoms with Gasteiger partial charge in [0.2, 0.25) is 0 Å². The van der Waals surface area contributed by atoms with E-state index in [2.05, 4.69) is 12.1 Å². The van der Waals surface area contributed by atoms with Crippen LogP contribution in [0.2, 0.25) is 0 Å². The van der Waals surface area contributed by atoms with Crippen molar-refractivity contribution in [3.63, 3.8) is 0 Å². The van der Waals surface area contributed by atoms with Crippen molar-refractivity contribution in [3.05, 3.63) is 59.7 Å². The van der Waals surface area contributed by atoms with Crippen LogP contribution in [0.3, 0.4) is 0 Å². The molecule has 0 radical (unpaired) electrons. The second kappa shape index (κ2) is 8.14. The van der Waals surface area contributed by atoms with E-state index in [9.17, 15) is 10.2 Å². The van der Waals surface area contributed by atoms with Crippen molar-refractivity contribution < 1.29 is 10.2 Å². The van der Waals surface area contributed by atoms with Crippen molar-refractivity contribution in [1.82, 2.24) is 0 Å². The fourth-order valence-corrected chi connectivity index (χ4v) is 9.58. The standard InChI is InChI=1S/C17H20O2Se2/c1-3-15(19)14-9-5-7-11-17(14)21-20-16-10-6-4-8-13(16)12(2)18/h4-12,15,18-19H,3H2,1-2H3/t12-,15-/m0/s1. The first-order valence-electron chi connectivity index (χ1n) is 7.02. The van der Waals surface area contributed by atoms with Crippen molar-refractivity contribution in [2.24, 2.45) is 0 Å². The second-order valence-electron chi connectivity index (χ2n) is 4.84. The van der Waals surface area contributed by atoms with Gasteiger partial charge in [-0.05, 0) is 0 Å². The zero-order valence-electron chi connectivity index (χ0n) is 12.2. The van der Waals surface area contributed by atoms with Crippen LogP contribution < -0.4 is 8.92 Å². The van der Waals surface area contributed by atoms with E-state index >= 15 is 0 Å². The summed E-state index contributed by atoms with van der Waals surface area (Å²) < 4.78 is 2.54. The van der Waals surface area contributed by atoms with E-state index in [-0.39, 0.29) is 6.10 Å². The third kappa shape index (κ3) is 4.43. The molecule has 0 bridgehead atoms. The van der Waals surface area contributed by atoms with Crippen molar-refractivity contribution in [1.29, 1.82) is 0 Å². The zero-order chi connectivity index (χ0) is 15.2. The van der Waals surface area contributed by atoms with E-state index in [1.807, 2.05) is 50.2 Å². The molecule has 0 amide bonds. The average molecular weight is 414 g/mol. The molecule has 0 aliphatic heterocycles. The summed E-state index contributed by atoms with van der Waals surface area (Å²) >= 11 is 0.620. The van der Waals surface area contributed by atoms with Gasteiger partial charge in [-0.3, -0.25) is 0 Å². The van der Waals surface area contributed by atoms with Gasteiger partial charge in [0.1, 0.15) is 0 Å². The molecule has 2 aromatic carbocycles. The number of hydrogen-bond acceptors (Lipinski definition) is 2. The van der Waals surface area contributed by atoms with Gasteiger partial charge in [-0.25, -0.2) is 0 Å². The second-order valence-corrected chi connectivity index (χ2v) is 11.0. The number of hydrogen-bond donors (Lipinski definition) is 2. The van der Waals surface area contributed by atoms with Crippen LogP contribution >= 0.6 is 0 Å². The molecule has 0 aliphatic rings. The quantitative estimate of drug-likeness (QED) is 0.703. The van der Waals surface area contributed by atoms with Crippen molar-refractivity contribution in [2.45, 2.75) is 32.5 Å². The average Bonchev–Trinajstić information content (AvgIpc) is 2.52. The first kappa shape index (κ1) is 16.8. The van der Waals surface area contributed by atoms with E-state index in [1.165, 1.54) is 8.92 Å². The molecule has 2 rings (SSSR count). The Labute approximate surface area is 137 Å². The van der Waals surface area contributed by atoms with Crippen LogP contribution in [-0.2, 0) is 0 Å². The van der Waals surface area contributed by atoms with Gasteiger partial charge in [-0.2, -0.15) is 0 Å². The molecule has 112 valence electrons. The molecule has 21 heavy (non-hydrogen) atoms. The molecular weight excluding hydrogens is 394 g/mol. The predicted octanol–water partition coefficient (Wildman–Crippen LogP) is 1.46. The zero-order valence-corrected chi connectivity index (χ0v) is 15.6. The Balaban J connectivity index is 2.18. The Morgan fingerprint density at radius 2 is 1.33 bits per heavy atom. The summed E-state index contributed by atoms with van der Waals surface area (Å²) in [6, 6.07) is 16.3. The van der Waals surface area contributed by atoms with Gasteiger partial charge in [-0.15, -0.1) is 0 Å². The Morgan fingerprint density at radius 3 is 1.86 bits per heavy atom. The molecule has 0 aromatic heterocycles. The van der Waals surface area contributed by atoms with Gasteiger partial charge >= 0.3 is 138 Å². The van der Waals surface area contributed by atoms with E-state index in [0.717, 1.165) is 17.5 Å². The molecule has 4 heteroatoms. The van der Waals surface area contributed by atoms with Gasteiger partial charge in [-0.1, -0.05) is 0 Å². The van der Waals surface area contributed by atoms with E-state index in [1.54, 1.807) is 0 Å². The van der Waals surface area contributed by atoms with Gasteiger partial charge in [0.05, 0.1) is 0 Å². The maximum absolute atomic E-state index is 10.1.